The Bertz CT molecular complexity index is 253. The van der Waals surface area contributed by atoms with E-state index >= 15 is 0 Å². The molecule has 15 heavy (non-hydrogen) atoms. The summed E-state index contributed by atoms with van der Waals surface area (Å²) in [5.74, 6) is -0.898. The van der Waals surface area contributed by atoms with Gasteiger partial charge in [-0.3, -0.25) is 14.5 Å². The minimum Gasteiger partial charge on any atom is -0.356 e. The van der Waals surface area contributed by atoms with E-state index in [2.05, 4.69) is 10.6 Å². The highest BCUT2D eigenvalue weighted by molar-refractivity contribution is 6.03. The molecule has 0 aliphatic rings. The van der Waals surface area contributed by atoms with Crippen LogP contribution in [0.1, 0.15) is 20.3 Å². The summed E-state index contributed by atoms with van der Waals surface area (Å²) in [6, 6.07) is -0.494. The molecule has 0 rings (SSSR count). The highest BCUT2D eigenvalue weighted by atomic mass is 16.2. The molecule has 0 aliphatic heterocycles. The topological polar surface area (TPSA) is 78.5 Å². The van der Waals surface area contributed by atoms with Gasteiger partial charge in [-0.1, -0.05) is 0 Å². The van der Waals surface area contributed by atoms with E-state index in [0.29, 0.717) is 13.1 Å². The third-order valence-corrected chi connectivity index (χ3v) is 1.69. The average molecular weight is 215 g/mol. The van der Waals surface area contributed by atoms with Gasteiger partial charge >= 0.3 is 6.03 Å². The first-order valence-corrected chi connectivity index (χ1v) is 4.84. The SMILES string of the molecule is CCNC(=O)CC(=O)N(C)C(=O)NCC. The maximum absolute atomic E-state index is 11.3. The van der Waals surface area contributed by atoms with Crippen LogP contribution in [0.5, 0.6) is 0 Å². The van der Waals surface area contributed by atoms with Crippen LogP contribution in [0.4, 0.5) is 4.79 Å². The summed E-state index contributed by atoms with van der Waals surface area (Å²) in [6.45, 7) is 4.42. The summed E-state index contributed by atoms with van der Waals surface area (Å²) in [7, 11) is 1.34. The predicted octanol–water partition coefficient (Wildman–Crippen LogP) is -0.299. The van der Waals surface area contributed by atoms with Gasteiger partial charge in [-0.25, -0.2) is 4.79 Å². The molecule has 0 aromatic heterocycles. The van der Waals surface area contributed by atoms with Crippen molar-refractivity contribution in [3.05, 3.63) is 0 Å². The molecular formula is C9H17N3O3. The third-order valence-electron chi connectivity index (χ3n) is 1.69. The maximum atomic E-state index is 11.3. The molecule has 6 nitrogen and oxygen atoms in total. The largest absolute Gasteiger partial charge is 0.356 e. The van der Waals surface area contributed by atoms with Crippen LogP contribution >= 0.6 is 0 Å². The van der Waals surface area contributed by atoms with Crippen molar-refractivity contribution in [2.45, 2.75) is 20.3 Å². The van der Waals surface area contributed by atoms with Crippen molar-refractivity contribution in [2.75, 3.05) is 20.1 Å². The van der Waals surface area contributed by atoms with Crippen LogP contribution in [0, 0.1) is 0 Å². The number of nitrogens with one attached hydrogen (secondary N) is 2. The number of amides is 4. The zero-order chi connectivity index (χ0) is 11.8. The number of rotatable bonds is 4. The molecule has 0 unspecified atom stereocenters. The summed E-state index contributed by atoms with van der Waals surface area (Å²) in [6.07, 6.45) is -0.304. The molecule has 0 atom stereocenters. The Labute approximate surface area is 89.0 Å². The second kappa shape index (κ2) is 6.80. The van der Waals surface area contributed by atoms with E-state index in [4.69, 9.17) is 0 Å². The normalized spacial score (nSPS) is 9.27. The molecule has 0 aromatic rings. The molecule has 0 saturated carbocycles. The fraction of sp³-hybridized carbons (Fsp3) is 0.667. The summed E-state index contributed by atoms with van der Waals surface area (Å²) < 4.78 is 0. The fourth-order valence-corrected chi connectivity index (χ4v) is 0.899. The quantitative estimate of drug-likeness (QED) is 0.632. The summed E-state index contributed by atoms with van der Waals surface area (Å²) in [5.41, 5.74) is 0. The highest BCUT2D eigenvalue weighted by Gasteiger charge is 2.18. The van der Waals surface area contributed by atoms with Gasteiger partial charge in [0.05, 0.1) is 0 Å². The van der Waals surface area contributed by atoms with Gasteiger partial charge in [-0.2, -0.15) is 0 Å². The van der Waals surface area contributed by atoms with Crippen molar-refractivity contribution < 1.29 is 14.4 Å². The Balaban J connectivity index is 4.09. The van der Waals surface area contributed by atoms with E-state index in [1.165, 1.54) is 7.05 Å². The van der Waals surface area contributed by atoms with E-state index in [1.807, 2.05) is 0 Å². The molecule has 86 valence electrons. The van der Waals surface area contributed by atoms with Crippen molar-refractivity contribution in [1.82, 2.24) is 15.5 Å². The lowest BCUT2D eigenvalue weighted by atomic mass is 10.3. The second-order valence-electron chi connectivity index (χ2n) is 2.92. The van der Waals surface area contributed by atoms with Gasteiger partial charge in [-0.15, -0.1) is 0 Å². The molecule has 0 aliphatic carbocycles. The van der Waals surface area contributed by atoms with E-state index in [0.717, 1.165) is 4.90 Å². The van der Waals surface area contributed by atoms with Gasteiger partial charge in [0, 0.05) is 20.1 Å². The molecule has 0 radical (unpaired) electrons. The third kappa shape index (κ3) is 4.99. The van der Waals surface area contributed by atoms with Crippen LogP contribution in [-0.2, 0) is 9.59 Å². The molecule has 0 aromatic carbocycles. The van der Waals surface area contributed by atoms with Crippen molar-refractivity contribution in [3.8, 4) is 0 Å². The van der Waals surface area contributed by atoms with Gasteiger partial charge in [0.25, 0.3) is 0 Å². The van der Waals surface area contributed by atoms with Crippen LogP contribution in [0.2, 0.25) is 0 Å². The number of urea groups is 1. The average Bonchev–Trinajstić information content (AvgIpc) is 2.17. The molecule has 0 bridgehead atoms. The molecule has 6 heteroatoms. The van der Waals surface area contributed by atoms with E-state index in [1.54, 1.807) is 13.8 Å². The van der Waals surface area contributed by atoms with Crippen LogP contribution in [-0.4, -0.2) is 42.9 Å². The van der Waals surface area contributed by atoms with Crippen LogP contribution in [0.3, 0.4) is 0 Å². The lowest BCUT2D eigenvalue weighted by Gasteiger charge is -2.15. The Morgan fingerprint density at radius 3 is 2.07 bits per heavy atom. The number of carbonyl (C=O) groups excluding carboxylic acids is 3. The zero-order valence-electron chi connectivity index (χ0n) is 9.29. The molecule has 4 amide bonds. The van der Waals surface area contributed by atoms with Gasteiger partial charge < -0.3 is 10.6 Å². The van der Waals surface area contributed by atoms with E-state index in [9.17, 15) is 14.4 Å². The Hall–Kier alpha value is -1.59. The van der Waals surface area contributed by atoms with E-state index < -0.39 is 11.9 Å². The zero-order valence-corrected chi connectivity index (χ0v) is 9.29. The summed E-state index contributed by atoms with van der Waals surface area (Å²) in [4.78, 5) is 34.5. The Morgan fingerprint density at radius 1 is 1.07 bits per heavy atom. The molecule has 0 heterocycles. The number of nitrogens with zero attached hydrogens (tertiary/aromatic N) is 1. The van der Waals surface area contributed by atoms with E-state index in [-0.39, 0.29) is 12.3 Å². The minimum absolute atomic E-state index is 0.304. The second-order valence-corrected chi connectivity index (χ2v) is 2.92. The molecular weight excluding hydrogens is 198 g/mol. The Morgan fingerprint density at radius 2 is 1.60 bits per heavy atom. The number of imide groups is 1. The van der Waals surface area contributed by atoms with Crippen molar-refractivity contribution in [1.29, 1.82) is 0 Å². The smallest absolute Gasteiger partial charge is 0.323 e. The van der Waals surface area contributed by atoms with Gasteiger partial charge in [0.15, 0.2) is 0 Å². The molecule has 0 fully saturated rings. The van der Waals surface area contributed by atoms with Crippen LogP contribution < -0.4 is 10.6 Å². The van der Waals surface area contributed by atoms with Gasteiger partial charge in [0.2, 0.25) is 11.8 Å². The standard InChI is InChI=1S/C9H17N3O3/c1-4-10-7(13)6-8(14)12(3)9(15)11-5-2/h4-6H2,1-3H3,(H,10,13)(H,11,15). The van der Waals surface area contributed by atoms with Gasteiger partial charge in [0.1, 0.15) is 6.42 Å². The number of hydrogen-bond donors (Lipinski definition) is 2. The first-order chi connectivity index (χ1) is 7.02. The predicted molar refractivity (Wildman–Crippen MR) is 55.1 cm³/mol. The fourth-order valence-electron chi connectivity index (χ4n) is 0.899. The molecule has 0 spiro atoms. The minimum atomic E-state index is -0.521. The van der Waals surface area contributed by atoms with Gasteiger partial charge in [-0.05, 0) is 13.8 Å². The van der Waals surface area contributed by atoms with Crippen molar-refractivity contribution in [2.24, 2.45) is 0 Å². The number of hydrogen-bond acceptors (Lipinski definition) is 3. The lowest BCUT2D eigenvalue weighted by Crippen LogP contribution is -2.42. The van der Waals surface area contributed by atoms with Crippen molar-refractivity contribution in [3.63, 3.8) is 0 Å². The maximum Gasteiger partial charge on any atom is 0.323 e. The Kier molecular flexibility index (Phi) is 6.08. The first kappa shape index (κ1) is 13.4. The van der Waals surface area contributed by atoms with Crippen LogP contribution in [0.15, 0.2) is 0 Å². The number of carbonyl (C=O) groups is 3. The molecule has 2 N–H and O–H groups in total. The first-order valence-electron chi connectivity index (χ1n) is 4.84. The molecule has 0 saturated heterocycles. The monoisotopic (exact) mass is 215 g/mol. The van der Waals surface area contributed by atoms with Crippen molar-refractivity contribution >= 4 is 17.8 Å². The summed E-state index contributed by atoms with van der Waals surface area (Å²) in [5, 5.41) is 4.95. The summed E-state index contributed by atoms with van der Waals surface area (Å²) >= 11 is 0. The van der Waals surface area contributed by atoms with Crippen LogP contribution in [0.25, 0.3) is 0 Å². The highest BCUT2D eigenvalue weighted by Crippen LogP contribution is 1.91. The lowest BCUT2D eigenvalue weighted by molar-refractivity contribution is -0.133.